The van der Waals surface area contributed by atoms with E-state index in [-0.39, 0.29) is 24.1 Å². The Kier molecular flexibility index (Phi) is 5.49. The Morgan fingerprint density at radius 2 is 1.85 bits per heavy atom. The smallest absolute Gasteiger partial charge is 0.266 e. The first-order valence-corrected chi connectivity index (χ1v) is 8.88. The molecule has 7 heteroatoms. The number of methoxy groups -OCH3 is 1. The zero-order valence-electron chi connectivity index (χ0n) is 13.8. The minimum absolute atomic E-state index is 0.127. The van der Waals surface area contributed by atoms with Crippen molar-refractivity contribution in [3.63, 3.8) is 0 Å². The van der Waals surface area contributed by atoms with Gasteiger partial charge in [-0.15, -0.1) is 0 Å². The summed E-state index contributed by atoms with van der Waals surface area (Å²) < 4.78 is 18.4. The summed E-state index contributed by atoms with van der Waals surface area (Å²) in [5.74, 6) is -0.243. The quantitative estimate of drug-likeness (QED) is 0.442. The molecule has 1 amide bonds. The molecule has 0 N–H and O–H groups in total. The molecule has 0 saturated carbocycles. The number of thioether (sulfide) groups is 1. The van der Waals surface area contributed by atoms with Crippen molar-refractivity contribution < 1.29 is 18.7 Å². The summed E-state index contributed by atoms with van der Waals surface area (Å²) >= 11 is 6.36. The predicted molar refractivity (Wildman–Crippen MR) is 104 cm³/mol. The van der Waals surface area contributed by atoms with Gasteiger partial charge in [0.2, 0.25) is 0 Å². The molecule has 1 saturated heterocycles. The minimum Gasteiger partial charge on any atom is -0.497 e. The van der Waals surface area contributed by atoms with E-state index >= 15 is 0 Å². The molecule has 1 fully saturated rings. The third kappa shape index (κ3) is 4.00. The fourth-order valence-electron chi connectivity index (χ4n) is 2.36. The van der Waals surface area contributed by atoms with Gasteiger partial charge in [-0.25, -0.2) is 4.39 Å². The highest BCUT2D eigenvalue weighted by Crippen LogP contribution is 2.32. The molecule has 0 aromatic heterocycles. The monoisotopic (exact) mass is 387 g/mol. The first-order chi connectivity index (χ1) is 12.5. The summed E-state index contributed by atoms with van der Waals surface area (Å²) in [6.45, 7) is -0.127. The Hall–Kier alpha value is -2.51. The molecule has 0 unspecified atom stereocenters. The molecule has 2 aromatic rings. The summed E-state index contributed by atoms with van der Waals surface area (Å²) in [6.07, 6.45) is 1.64. The molecule has 4 nitrogen and oxygen atoms in total. The van der Waals surface area contributed by atoms with Gasteiger partial charge in [-0.1, -0.05) is 36.1 Å². The van der Waals surface area contributed by atoms with Crippen LogP contribution in [0.2, 0.25) is 0 Å². The van der Waals surface area contributed by atoms with Gasteiger partial charge in [0.1, 0.15) is 15.9 Å². The van der Waals surface area contributed by atoms with E-state index < -0.39 is 0 Å². The van der Waals surface area contributed by atoms with Crippen molar-refractivity contribution >= 4 is 46.1 Å². The van der Waals surface area contributed by atoms with Crippen LogP contribution in [0.4, 0.5) is 4.39 Å². The Morgan fingerprint density at radius 1 is 1.19 bits per heavy atom. The summed E-state index contributed by atoms with van der Waals surface area (Å²) in [4.78, 5) is 26.7. The van der Waals surface area contributed by atoms with Crippen molar-refractivity contribution in [3.8, 4) is 5.75 Å². The SMILES string of the molecule is COc1ccc(C(=O)CN2C(=O)/C(=C\c3ccc(F)cc3)SC2=S)cc1. The van der Waals surface area contributed by atoms with Crippen molar-refractivity contribution in [1.29, 1.82) is 0 Å². The van der Waals surface area contributed by atoms with Crippen LogP contribution in [-0.2, 0) is 4.79 Å². The molecule has 0 spiro atoms. The molecule has 2 aromatic carbocycles. The second-order valence-corrected chi connectivity index (χ2v) is 7.15. The number of hydrogen-bond acceptors (Lipinski definition) is 5. The number of benzene rings is 2. The van der Waals surface area contributed by atoms with E-state index in [2.05, 4.69) is 0 Å². The second kappa shape index (κ2) is 7.80. The minimum atomic E-state index is -0.347. The van der Waals surface area contributed by atoms with Crippen molar-refractivity contribution in [3.05, 3.63) is 70.4 Å². The molecular weight excluding hydrogens is 373 g/mol. The third-order valence-corrected chi connectivity index (χ3v) is 5.13. The maximum atomic E-state index is 13.0. The number of ketones is 1. The third-order valence-electron chi connectivity index (χ3n) is 3.76. The highest BCUT2D eigenvalue weighted by atomic mass is 32.2. The number of carbonyl (C=O) groups excluding carboxylic acids is 2. The van der Waals surface area contributed by atoms with Gasteiger partial charge in [0.05, 0.1) is 18.6 Å². The summed E-state index contributed by atoms with van der Waals surface area (Å²) in [5.41, 5.74) is 1.16. The summed E-state index contributed by atoms with van der Waals surface area (Å²) in [7, 11) is 1.55. The number of rotatable bonds is 5. The molecule has 0 atom stereocenters. The highest BCUT2D eigenvalue weighted by Gasteiger charge is 2.33. The number of hydrogen-bond donors (Lipinski definition) is 0. The van der Waals surface area contributed by atoms with Crippen molar-refractivity contribution in [2.45, 2.75) is 0 Å². The van der Waals surface area contributed by atoms with Crippen LogP contribution in [0.1, 0.15) is 15.9 Å². The van der Waals surface area contributed by atoms with Crippen LogP contribution in [0.5, 0.6) is 5.75 Å². The van der Waals surface area contributed by atoms with Gasteiger partial charge < -0.3 is 4.74 Å². The maximum absolute atomic E-state index is 13.0. The van der Waals surface area contributed by atoms with Crippen LogP contribution in [0, 0.1) is 5.82 Å². The first-order valence-electron chi connectivity index (χ1n) is 7.66. The van der Waals surface area contributed by atoms with Crippen LogP contribution in [0.25, 0.3) is 6.08 Å². The fraction of sp³-hybridized carbons (Fsp3) is 0.105. The molecule has 3 rings (SSSR count). The lowest BCUT2D eigenvalue weighted by Crippen LogP contribution is -2.33. The molecule has 1 aliphatic rings. The number of amides is 1. The van der Waals surface area contributed by atoms with E-state index in [1.165, 1.54) is 17.0 Å². The van der Waals surface area contributed by atoms with Crippen molar-refractivity contribution in [1.82, 2.24) is 4.90 Å². The molecule has 0 bridgehead atoms. The molecule has 0 radical (unpaired) electrons. The largest absolute Gasteiger partial charge is 0.497 e. The second-order valence-electron chi connectivity index (χ2n) is 5.47. The van der Waals surface area contributed by atoms with Crippen LogP contribution >= 0.6 is 24.0 Å². The Labute approximate surface area is 159 Å². The van der Waals surface area contributed by atoms with E-state index in [0.29, 0.717) is 26.1 Å². The fourth-order valence-corrected chi connectivity index (χ4v) is 3.61. The zero-order valence-corrected chi connectivity index (χ0v) is 15.4. The van der Waals surface area contributed by atoms with E-state index in [9.17, 15) is 14.0 Å². The van der Waals surface area contributed by atoms with E-state index in [1.54, 1.807) is 49.6 Å². The molecule has 1 heterocycles. The highest BCUT2D eigenvalue weighted by molar-refractivity contribution is 8.26. The van der Waals surface area contributed by atoms with Crippen LogP contribution in [-0.4, -0.2) is 34.6 Å². The number of Topliss-reactive ketones (excluding diaryl/α,β-unsaturated/α-hetero) is 1. The molecule has 132 valence electrons. The van der Waals surface area contributed by atoms with E-state index in [1.807, 2.05) is 0 Å². The molecule has 0 aliphatic carbocycles. The predicted octanol–water partition coefficient (Wildman–Crippen LogP) is 3.92. The summed E-state index contributed by atoms with van der Waals surface area (Å²) in [6, 6.07) is 12.5. The van der Waals surface area contributed by atoms with Crippen molar-refractivity contribution in [2.24, 2.45) is 0 Å². The normalized spacial score (nSPS) is 15.6. The van der Waals surface area contributed by atoms with E-state index in [4.69, 9.17) is 17.0 Å². The number of halogens is 1. The molecule has 1 aliphatic heterocycles. The lowest BCUT2D eigenvalue weighted by atomic mass is 10.1. The Morgan fingerprint density at radius 3 is 2.46 bits per heavy atom. The standard InChI is InChI=1S/C19H14FNO3S2/c1-24-15-8-4-13(5-9-15)16(22)11-21-18(23)17(26-19(21)25)10-12-2-6-14(20)7-3-12/h2-10H,11H2,1H3/b17-10+. The van der Waals surface area contributed by atoms with Gasteiger partial charge >= 0.3 is 0 Å². The topological polar surface area (TPSA) is 46.6 Å². The van der Waals surface area contributed by atoms with Gasteiger partial charge in [0, 0.05) is 5.56 Å². The van der Waals surface area contributed by atoms with Gasteiger partial charge in [-0.2, -0.15) is 0 Å². The Balaban J connectivity index is 1.74. The lowest BCUT2D eigenvalue weighted by Gasteiger charge is -2.13. The average molecular weight is 387 g/mol. The van der Waals surface area contributed by atoms with E-state index in [0.717, 1.165) is 11.8 Å². The summed E-state index contributed by atoms with van der Waals surface area (Å²) in [5, 5.41) is 0. The number of carbonyl (C=O) groups is 2. The van der Waals surface area contributed by atoms with Gasteiger partial charge in [-0.05, 0) is 48.0 Å². The van der Waals surface area contributed by atoms with Crippen LogP contribution in [0.15, 0.2) is 53.4 Å². The molecular formula is C19H14FNO3S2. The maximum Gasteiger partial charge on any atom is 0.266 e. The number of nitrogens with zero attached hydrogens (tertiary/aromatic N) is 1. The van der Waals surface area contributed by atoms with Gasteiger partial charge in [0.15, 0.2) is 5.78 Å². The number of thiocarbonyl (C=S) groups is 1. The van der Waals surface area contributed by atoms with Gasteiger partial charge in [-0.3, -0.25) is 14.5 Å². The molecule has 26 heavy (non-hydrogen) atoms. The first kappa shape index (κ1) is 18.3. The number of ether oxygens (including phenoxy) is 1. The zero-order chi connectivity index (χ0) is 18.7. The van der Waals surface area contributed by atoms with Gasteiger partial charge in [0.25, 0.3) is 5.91 Å². The Bertz CT molecular complexity index is 892. The lowest BCUT2D eigenvalue weighted by molar-refractivity contribution is -0.121. The van der Waals surface area contributed by atoms with Crippen molar-refractivity contribution in [2.75, 3.05) is 13.7 Å². The van der Waals surface area contributed by atoms with Crippen LogP contribution < -0.4 is 4.74 Å². The van der Waals surface area contributed by atoms with Crippen LogP contribution in [0.3, 0.4) is 0 Å². The average Bonchev–Trinajstić information content (AvgIpc) is 2.91.